The topological polar surface area (TPSA) is 78.9 Å². The Morgan fingerprint density at radius 3 is 2.27 bits per heavy atom. The number of carbonyl (C=O) groups excluding carboxylic acids is 1. The normalized spacial score (nSPS) is 10.4. The lowest BCUT2D eigenvalue weighted by atomic mass is 10.1. The zero-order valence-electron chi connectivity index (χ0n) is 17.1. The van der Waals surface area contributed by atoms with Gasteiger partial charge in [0.1, 0.15) is 23.0 Å². The maximum atomic E-state index is 12.3. The maximum absolute atomic E-state index is 12.3. The molecule has 0 aliphatic rings. The van der Waals surface area contributed by atoms with E-state index >= 15 is 0 Å². The SMILES string of the molecule is COc1cc(OC)c(CCC(=O)NCc2ccc(Oc3nccs3)cc2)c(OC)c1. The van der Waals surface area contributed by atoms with Gasteiger partial charge in [0.15, 0.2) is 0 Å². The second-order valence-corrected chi connectivity index (χ2v) is 7.19. The fourth-order valence-corrected chi connectivity index (χ4v) is 3.39. The molecule has 8 heteroatoms. The Bertz CT molecular complexity index is 933. The molecule has 3 aromatic rings. The second kappa shape index (κ2) is 10.5. The highest BCUT2D eigenvalue weighted by molar-refractivity contribution is 7.11. The summed E-state index contributed by atoms with van der Waals surface area (Å²) in [4.78, 5) is 16.4. The summed E-state index contributed by atoms with van der Waals surface area (Å²) < 4.78 is 21.8. The Labute approximate surface area is 179 Å². The Morgan fingerprint density at radius 2 is 1.70 bits per heavy atom. The van der Waals surface area contributed by atoms with Crippen molar-refractivity contribution in [3.63, 3.8) is 0 Å². The number of carbonyl (C=O) groups is 1. The van der Waals surface area contributed by atoms with E-state index < -0.39 is 0 Å². The van der Waals surface area contributed by atoms with Gasteiger partial charge < -0.3 is 24.3 Å². The van der Waals surface area contributed by atoms with E-state index in [0.717, 1.165) is 11.1 Å². The molecule has 0 bridgehead atoms. The lowest BCUT2D eigenvalue weighted by molar-refractivity contribution is -0.121. The highest BCUT2D eigenvalue weighted by atomic mass is 32.1. The first kappa shape index (κ1) is 21.4. The van der Waals surface area contributed by atoms with Gasteiger partial charge in [0.05, 0.1) is 21.3 Å². The monoisotopic (exact) mass is 428 g/mol. The third-order valence-corrected chi connectivity index (χ3v) is 5.10. The van der Waals surface area contributed by atoms with E-state index in [4.69, 9.17) is 18.9 Å². The van der Waals surface area contributed by atoms with E-state index in [9.17, 15) is 4.79 Å². The standard InChI is InChI=1S/C22H24N2O5S/c1-26-17-12-19(27-2)18(20(13-17)28-3)8-9-21(25)24-14-15-4-6-16(7-5-15)29-22-23-10-11-30-22/h4-7,10-13H,8-9,14H2,1-3H3,(H,24,25). The van der Waals surface area contributed by atoms with E-state index in [-0.39, 0.29) is 5.91 Å². The first-order valence-electron chi connectivity index (χ1n) is 9.34. The number of thiazole rings is 1. The van der Waals surface area contributed by atoms with Crippen molar-refractivity contribution < 1.29 is 23.7 Å². The molecular formula is C22H24N2O5S. The summed E-state index contributed by atoms with van der Waals surface area (Å²) in [7, 11) is 4.75. The van der Waals surface area contributed by atoms with E-state index in [1.807, 2.05) is 29.6 Å². The molecule has 0 atom stereocenters. The Balaban J connectivity index is 1.53. The van der Waals surface area contributed by atoms with Gasteiger partial charge in [-0.3, -0.25) is 4.79 Å². The van der Waals surface area contributed by atoms with Crippen molar-refractivity contribution in [1.29, 1.82) is 0 Å². The van der Waals surface area contributed by atoms with Gasteiger partial charge in [-0.15, -0.1) is 0 Å². The van der Waals surface area contributed by atoms with Crippen LogP contribution in [0.3, 0.4) is 0 Å². The van der Waals surface area contributed by atoms with Crippen molar-refractivity contribution in [2.24, 2.45) is 0 Å². The minimum absolute atomic E-state index is 0.0574. The van der Waals surface area contributed by atoms with Crippen LogP contribution < -0.4 is 24.3 Å². The number of methoxy groups -OCH3 is 3. The van der Waals surface area contributed by atoms with Gasteiger partial charge >= 0.3 is 0 Å². The molecule has 7 nitrogen and oxygen atoms in total. The molecule has 0 aliphatic carbocycles. The highest BCUT2D eigenvalue weighted by Crippen LogP contribution is 2.34. The van der Waals surface area contributed by atoms with Gasteiger partial charge in [0, 0.05) is 42.2 Å². The summed E-state index contributed by atoms with van der Waals surface area (Å²) >= 11 is 1.43. The zero-order valence-corrected chi connectivity index (χ0v) is 18.0. The van der Waals surface area contributed by atoms with Gasteiger partial charge in [-0.25, -0.2) is 4.98 Å². The predicted octanol–water partition coefficient (Wildman–Crippen LogP) is 4.21. The Kier molecular flexibility index (Phi) is 7.51. The minimum Gasteiger partial charge on any atom is -0.496 e. The van der Waals surface area contributed by atoms with Crippen molar-refractivity contribution in [2.75, 3.05) is 21.3 Å². The first-order valence-corrected chi connectivity index (χ1v) is 10.2. The van der Waals surface area contributed by atoms with E-state index in [1.165, 1.54) is 11.3 Å². The van der Waals surface area contributed by atoms with Crippen LogP contribution >= 0.6 is 11.3 Å². The lowest BCUT2D eigenvalue weighted by Crippen LogP contribution is -2.23. The van der Waals surface area contributed by atoms with Crippen LogP contribution in [0.15, 0.2) is 48.0 Å². The molecule has 30 heavy (non-hydrogen) atoms. The smallest absolute Gasteiger partial charge is 0.278 e. The van der Waals surface area contributed by atoms with Crippen LogP contribution in [0.5, 0.6) is 28.2 Å². The minimum atomic E-state index is -0.0574. The molecule has 0 fully saturated rings. The third kappa shape index (κ3) is 5.64. The van der Waals surface area contributed by atoms with Crippen molar-refractivity contribution in [3.05, 3.63) is 59.1 Å². The predicted molar refractivity (Wildman–Crippen MR) is 115 cm³/mol. The lowest BCUT2D eigenvalue weighted by Gasteiger charge is -2.15. The number of amides is 1. The Morgan fingerprint density at radius 1 is 1.00 bits per heavy atom. The second-order valence-electron chi connectivity index (χ2n) is 6.33. The van der Waals surface area contributed by atoms with E-state index in [1.54, 1.807) is 39.7 Å². The van der Waals surface area contributed by atoms with Crippen LogP contribution in [0.25, 0.3) is 0 Å². The molecule has 0 unspecified atom stereocenters. The number of hydrogen-bond acceptors (Lipinski definition) is 7. The van der Waals surface area contributed by atoms with Crippen LogP contribution in [0, 0.1) is 0 Å². The number of nitrogens with one attached hydrogen (secondary N) is 1. The summed E-state index contributed by atoms with van der Waals surface area (Å²) in [5, 5.41) is 5.39. The summed E-state index contributed by atoms with van der Waals surface area (Å²) in [6.45, 7) is 0.438. The molecule has 0 aliphatic heterocycles. The number of hydrogen-bond donors (Lipinski definition) is 1. The van der Waals surface area contributed by atoms with Crippen molar-refractivity contribution >= 4 is 17.2 Å². The summed E-state index contributed by atoms with van der Waals surface area (Å²) in [6.07, 6.45) is 2.49. The van der Waals surface area contributed by atoms with Gasteiger partial charge in [0.25, 0.3) is 5.19 Å². The van der Waals surface area contributed by atoms with Crippen molar-refractivity contribution in [2.45, 2.75) is 19.4 Å². The summed E-state index contributed by atoms with van der Waals surface area (Å²) in [5.41, 5.74) is 1.81. The quantitative estimate of drug-likeness (QED) is 0.521. The highest BCUT2D eigenvalue weighted by Gasteiger charge is 2.14. The van der Waals surface area contributed by atoms with E-state index in [0.29, 0.717) is 47.6 Å². The largest absolute Gasteiger partial charge is 0.496 e. The molecule has 1 N–H and O–H groups in total. The number of rotatable bonds is 10. The average molecular weight is 429 g/mol. The van der Waals surface area contributed by atoms with Crippen LogP contribution in [-0.2, 0) is 17.8 Å². The molecule has 0 spiro atoms. The molecular weight excluding hydrogens is 404 g/mol. The first-order chi connectivity index (χ1) is 14.6. The number of aromatic nitrogens is 1. The molecule has 1 amide bonds. The van der Waals surface area contributed by atoms with Crippen LogP contribution in [0.4, 0.5) is 0 Å². The molecule has 2 aromatic carbocycles. The number of nitrogens with zero attached hydrogens (tertiary/aromatic N) is 1. The van der Waals surface area contributed by atoms with Gasteiger partial charge in [0.2, 0.25) is 5.91 Å². The molecule has 1 heterocycles. The van der Waals surface area contributed by atoms with Crippen LogP contribution in [-0.4, -0.2) is 32.2 Å². The summed E-state index contributed by atoms with van der Waals surface area (Å²) in [6, 6.07) is 11.1. The molecule has 0 saturated carbocycles. The van der Waals surface area contributed by atoms with Crippen molar-refractivity contribution in [3.8, 4) is 28.2 Å². The molecule has 1 aromatic heterocycles. The maximum Gasteiger partial charge on any atom is 0.278 e. The Hall–Kier alpha value is -3.26. The van der Waals surface area contributed by atoms with Gasteiger partial charge in [-0.1, -0.05) is 23.5 Å². The van der Waals surface area contributed by atoms with Gasteiger partial charge in [-0.2, -0.15) is 0 Å². The average Bonchev–Trinajstić information content (AvgIpc) is 3.29. The van der Waals surface area contributed by atoms with E-state index in [2.05, 4.69) is 10.3 Å². The van der Waals surface area contributed by atoms with Crippen LogP contribution in [0.2, 0.25) is 0 Å². The third-order valence-electron chi connectivity index (χ3n) is 4.45. The fraction of sp³-hybridized carbons (Fsp3) is 0.273. The van der Waals surface area contributed by atoms with Gasteiger partial charge in [-0.05, 0) is 24.1 Å². The molecule has 0 saturated heterocycles. The molecule has 0 radical (unpaired) electrons. The number of ether oxygens (including phenoxy) is 4. The van der Waals surface area contributed by atoms with Crippen molar-refractivity contribution in [1.82, 2.24) is 10.3 Å². The zero-order chi connectivity index (χ0) is 21.3. The van der Waals surface area contributed by atoms with Crippen LogP contribution in [0.1, 0.15) is 17.5 Å². The molecule has 158 valence electrons. The number of benzene rings is 2. The molecule has 3 rings (SSSR count). The fourth-order valence-electron chi connectivity index (χ4n) is 2.89. The summed E-state index contributed by atoms with van der Waals surface area (Å²) in [5.74, 6) is 2.56.